The molecule has 0 heterocycles. The van der Waals surface area contributed by atoms with Crippen molar-refractivity contribution in [1.29, 1.82) is 0 Å². The molecule has 4 nitrogen and oxygen atoms in total. The molecule has 5 heteroatoms. The molecule has 0 saturated heterocycles. The summed E-state index contributed by atoms with van der Waals surface area (Å²) in [7, 11) is 0. The predicted molar refractivity (Wildman–Crippen MR) is 139 cm³/mol. The maximum atomic E-state index is 13.9. The zero-order chi connectivity index (χ0) is 25.3. The second-order valence-corrected chi connectivity index (χ2v) is 9.69. The molecule has 3 aromatic rings. The minimum Gasteiger partial charge on any atom is -0.494 e. The fourth-order valence-corrected chi connectivity index (χ4v) is 4.24. The van der Waals surface area contributed by atoms with Crippen molar-refractivity contribution in [2.75, 3.05) is 19.8 Å². The monoisotopic (exact) mass is 479 g/mol. The molecule has 0 aliphatic heterocycles. The Morgan fingerprint density at radius 3 is 2.29 bits per heavy atom. The van der Waals surface area contributed by atoms with Gasteiger partial charge in [-0.3, -0.25) is 0 Å². The van der Waals surface area contributed by atoms with Crippen molar-refractivity contribution in [2.45, 2.75) is 57.4 Å². The van der Waals surface area contributed by atoms with Crippen LogP contribution in [-0.4, -0.2) is 35.6 Å². The first-order valence-corrected chi connectivity index (χ1v) is 12.4. The van der Waals surface area contributed by atoms with Gasteiger partial charge in [-0.2, -0.15) is 0 Å². The predicted octanol–water partition coefficient (Wildman–Crippen LogP) is 5.24. The van der Waals surface area contributed by atoms with Crippen LogP contribution in [-0.2, 0) is 12.8 Å². The smallest absolute Gasteiger partial charge is 0.123 e. The highest BCUT2D eigenvalue weighted by Crippen LogP contribution is 2.27. The Bertz CT molecular complexity index is 1060. The summed E-state index contributed by atoms with van der Waals surface area (Å²) in [6, 6.07) is 21.3. The molecule has 0 aliphatic carbocycles. The third-order valence-corrected chi connectivity index (χ3v) is 6.80. The van der Waals surface area contributed by atoms with E-state index in [4.69, 9.17) is 10.5 Å². The maximum absolute atomic E-state index is 13.9. The molecular formula is C30H38FNO3. The lowest BCUT2D eigenvalue weighted by molar-refractivity contribution is 0.115. The van der Waals surface area contributed by atoms with Crippen molar-refractivity contribution in [1.82, 2.24) is 0 Å². The number of nitrogens with two attached hydrogens (primary N) is 1. The van der Waals surface area contributed by atoms with Crippen molar-refractivity contribution < 1.29 is 19.3 Å². The topological polar surface area (TPSA) is 75.7 Å². The van der Waals surface area contributed by atoms with Gasteiger partial charge in [-0.1, -0.05) is 42.5 Å². The van der Waals surface area contributed by atoms with Gasteiger partial charge in [0.15, 0.2) is 0 Å². The van der Waals surface area contributed by atoms with E-state index in [0.29, 0.717) is 19.4 Å². The van der Waals surface area contributed by atoms with Crippen molar-refractivity contribution >= 4 is 0 Å². The van der Waals surface area contributed by atoms with Gasteiger partial charge in [0.25, 0.3) is 0 Å². The highest BCUT2D eigenvalue weighted by molar-refractivity contribution is 5.32. The number of rotatable bonds is 13. The first kappa shape index (κ1) is 26.9. The molecule has 0 saturated carbocycles. The van der Waals surface area contributed by atoms with Gasteiger partial charge >= 0.3 is 0 Å². The van der Waals surface area contributed by atoms with E-state index in [9.17, 15) is 14.6 Å². The lowest BCUT2D eigenvalue weighted by atomic mass is 9.87. The van der Waals surface area contributed by atoms with Crippen molar-refractivity contribution in [3.63, 3.8) is 0 Å². The summed E-state index contributed by atoms with van der Waals surface area (Å²) in [5.41, 5.74) is 10.9. The minimum absolute atomic E-state index is 0.200. The third-order valence-electron chi connectivity index (χ3n) is 6.80. The number of aliphatic hydroxyl groups is 2. The van der Waals surface area contributed by atoms with Gasteiger partial charge in [-0.25, -0.2) is 4.39 Å². The molecule has 3 rings (SSSR count). The van der Waals surface area contributed by atoms with Gasteiger partial charge in [-0.15, -0.1) is 0 Å². The van der Waals surface area contributed by atoms with E-state index in [2.05, 4.69) is 32.0 Å². The van der Waals surface area contributed by atoms with Crippen LogP contribution in [0.5, 0.6) is 5.75 Å². The first-order valence-electron chi connectivity index (χ1n) is 12.4. The number of aryl methyl sites for hydroxylation is 3. The second kappa shape index (κ2) is 12.8. The van der Waals surface area contributed by atoms with Gasteiger partial charge < -0.3 is 20.7 Å². The van der Waals surface area contributed by atoms with Crippen LogP contribution < -0.4 is 10.5 Å². The van der Waals surface area contributed by atoms with Crippen LogP contribution in [0.2, 0.25) is 0 Å². The van der Waals surface area contributed by atoms with Gasteiger partial charge in [-0.05, 0) is 104 Å². The standard InChI is InChI=1S/C30H38FNO3/c1-22-8-9-25(17-23(22)2)18-26(27-5-3-7-28(31)19-27)6-4-16-35-29-12-10-24(11-13-29)14-15-30(32,20-33)21-34/h3,5,7-13,17,19,26,33-34H,4,6,14-16,18,20-21,32H2,1-2H3. The van der Waals surface area contributed by atoms with Gasteiger partial charge in [0.05, 0.1) is 25.4 Å². The van der Waals surface area contributed by atoms with E-state index in [1.807, 2.05) is 30.3 Å². The molecular weight excluding hydrogens is 441 g/mol. The number of halogens is 1. The molecule has 35 heavy (non-hydrogen) atoms. The van der Waals surface area contributed by atoms with E-state index in [0.717, 1.165) is 36.1 Å². The SMILES string of the molecule is Cc1ccc(CC(CCCOc2ccc(CCC(N)(CO)CO)cc2)c2cccc(F)c2)cc1C. The highest BCUT2D eigenvalue weighted by atomic mass is 19.1. The van der Waals surface area contributed by atoms with Crippen LogP contribution in [0.3, 0.4) is 0 Å². The molecule has 1 unspecified atom stereocenters. The minimum atomic E-state index is -0.954. The quantitative estimate of drug-likeness (QED) is 0.293. The summed E-state index contributed by atoms with van der Waals surface area (Å²) in [6.07, 6.45) is 3.79. The van der Waals surface area contributed by atoms with Gasteiger partial charge in [0.2, 0.25) is 0 Å². The van der Waals surface area contributed by atoms with Crippen LogP contribution in [0, 0.1) is 19.7 Å². The molecule has 3 aromatic carbocycles. The molecule has 4 N–H and O–H groups in total. The molecule has 0 aromatic heterocycles. The Hall–Kier alpha value is -2.73. The second-order valence-electron chi connectivity index (χ2n) is 9.69. The first-order chi connectivity index (χ1) is 16.8. The summed E-state index contributed by atoms with van der Waals surface area (Å²) >= 11 is 0. The Morgan fingerprint density at radius 1 is 0.914 bits per heavy atom. The van der Waals surface area contributed by atoms with E-state index in [1.165, 1.54) is 22.8 Å². The number of hydrogen-bond donors (Lipinski definition) is 3. The fraction of sp³-hybridized carbons (Fsp3) is 0.400. The Morgan fingerprint density at radius 2 is 1.63 bits per heavy atom. The van der Waals surface area contributed by atoms with E-state index in [-0.39, 0.29) is 24.9 Å². The summed E-state index contributed by atoms with van der Waals surface area (Å²) in [4.78, 5) is 0. The van der Waals surface area contributed by atoms with Crippen LogP contribution >= 0.6 is 0 Å². The average molecular weight is 480 g/mol. The average Bonchev–Trinajstić information content (AvgIpc) is 2.87. The Labute approximate surface area is 208 Å². The van der Waals surface area contributed by atoms with Crippen LogP contribution in [0.25, 0.3) is 0 Å². The molecule has 0 fully saturated rings. The van der Waals surface area contributed by atoms with E-state index < -0.39 is 5.54 Å². The number of hydrogen-bond acceptors (Lipinski definition) is 4. The molecule has 1 atom stereocenters. The van der Waals surface area contributed by atoms with Crippen LogP contribution in [0.1, 0.15) is 53.0 Å². The normalized spacial score (nSPS) is 12.5. The highest BCUT2D eigenvalue weighted by Gasteiger charge is 2.22. The number of ether oxygens (including phenoxy) is 1. The number of aliphatic hydroxyl groups excluding tert-OH is 2. The van der Waals surface area contributed by atoms with Crippen molar-refractivity contribution in [3.8, 4) is 5.75 Å². The Kier molecular flexibility index (Phi) is 9.84. The summed E-state index contributed by atoms with van der Waals surface area (Å²) < 4.78 is 19.9. The Balaban J connectivity index is 1.54. The van der Waals surface area contributed by atoms with Crippen molar-refractivity contribution in [3.05, 3.63) is 100 Å². The third kappa shape index (κ3) is 8.17. The summed E-state index contributed by atoms with van der Waals surface area (Å²) in [6.45, 7) is 4.33. The molecule has 0 radical (unpaired) electrons. The zero-order valence-electron chi connectivity index (χ0n) is 20.8. The zero-order valence-corrected chi connectivity index (χ0v) is 20.8. The molecule has 0 bridgehead atoms. The maximum Gasteiger partial charge on any atom is 0.123 e. The van der Waals surface area contributed by atoms with Gasteiger partial charge in [0, 0.05) is 0 Å². The summed E-state index contributed by atoms with van der Waals surface area (Å²) in [5.74, 6) is 0.815. The lowest BCUT2D eigenvalue weighted by Crippen LogP contribution is -2.47. The number of benzene rings is 3. The molecule has 188 valence electrons. The lowest BCUT2D eigenvalue weighted by Gasteiger charge is -2.24. The molecule has 0 spiro atoms. The van der Waals surface area contributed by atoms with E-state index in [1.54, 1.807) is 12.1 Å². The van der Waals surface area contributed by atoms with E-state index >= 15 is 0 Å². The van der Waals surface area contributed by atoms with Gasteiger partial charge in [0.1, 0.15) is 11.6 Å². The molecule has 0 aliphatic rings. The van der Waals surface area contributed by atoms with Crippen LogP contribution in [0.4, 0.5) is 4.39 Å². The largest absolute Gasteiger partial charge is 0.494 e. The van der Waals surface area contributed by atoms with Crippen molar-refractivity contribution in [2.24, 2.45) is 5.73 Å². The summed E-state index contributed by atoms with van der Waals surface area (Å²) in [5, 5.41) is 18.7. The fourth-order valence-electron chi connectivity index (χ4n) is 4.24. The molecule has 0 amide bonds. The van der Waals surface area contributed by atoms with Crippen LogP contribution in [0.15, 0.2) is 66.7 Å².